The summed E-state index contributed by atoms with van der Waals surface area (Å²) in [4.78, 5) is 0. The van der Waals surface area contributed by atoms with E-state index in [1.165, 1.54) is 19.3 Å². The molecule has 1 aliphatic carbocycles. The van der Waals surface area contributed by atoms with Crippen LogP contribution in [-0.2, 0) is 13.5 Å². The molecule has 1 aliphatic rings. The van der Waals surface area contributed by atoms with E-state index in [2.05, 4.69) is 16.5 Å². The third-order valence-electron chi connectivity index (χ3n) is 3.30. The van der Waals surface area contributed by atoms with Gasteiger partial charge in [-0.15, -0.1) is 0 Å². The molecule has 0 radical (unpaired) electrons. The fourth-order valence-corrected chi connectivity index (χ4v) is 2.41. The SMILES string of the molecule is Cn1ccc(CCNC2CCCC(N)C2)n1. The van der Waals surface area contributed by atoms with Gasteiger partial charge in [-0.05, 0) is 25.3 Å². The van der Waals surface area contributed by atoms with Gasteiger partial charge in [-0.3, -0.25) is 4.68 Å². The Morgan fingerprint density at radius 1 is 1.56 bits per heavy atom. The summed E-state index contributed by atoms with van der Waals surface area (Å²) in [5.41, 5.74) is 7.12. The van der Waals surface area contributed by atoms with Crippen molar-refractivity contribution >= 4 is 0 Å². The summed E-state index contributed by atoms with van der Waals surface area (Å²) in [7, 11) is 1.96. The first-order valence-corrected chi connectivity index (χ1v) is 6.21. The normalized spacial score (nSPS) is 25.9. The zero-order valence-corrected chi connectivity index (χ0v) is 10.0. The van der Waals surface area contributed by atoms with E-state index >= 15 is 0 Å². The van der Waals surface area contributed by atoms with Crippen LogP contribution in [0.5, 0.6) is 0 Å². The maximum absolute atomic E-state index is 5.96. The number of aryl methyl sites for hydroxylation is 1. The topological polar surface area (TPSA) is 55.9 Å². The van der Waals surface area contributed by atoms with Gasteiger partial charge < -0.3 is 11.1 Å². The summed E-state index contributed by atoms with van der Waals surface area (Å²) in [6, 6.07) is 3.10. The lowest BCUT2D eigenvalue weighted by Crippen LogP contribution is -2.40. The van der Waals surface area contributed by atoms with E-state index in [1.54, 1.807) is 0 Å². The maximum atomic E-state index is 5.96. The van der Waals surface area contributed by atoms with Crippen molar-refractivity contribution in [1.29, 1.82) is 0 Å². The predicted octanol–water partition coefficient (Wildman–Crippen LogP) is 0.822. The number of hydrogen-bond donors (Lipinski definition) is 2. The number of rotatable bonds is 4. The third-order valence-corrected chi connectivity index (χ3v) is 3.30. The minimum Gasteiger partial charge on any atom is -0.328 e. The molecule has 0 amide bonds. The number of nitrogens with one attached hydrogen (secondary N) is 1. The standard InChI is InChI=1S/C12H22N4/c1-16-8-6-11(15-16)5-7-14-12-4-2-3-10(13)9-12/h6,8,10,12,14H,2-5,7,9,13H2,1H3. The van der Waals surface area contributed by atoms with Gasteiger partial charge in [0.1, 0.15) is 0 Å². The second-order valence-corrected chi connectivity index (χ2v) is 4.81. The van der Waals surface area contributed by atoms with Crippen LogP contribution >= 0.6 is 0 Å². The second-order valence-electron chi connectivity index (χ2n) is 4.81. The molecule has 16 heavy (non-hydrogen) atoms. The first-order valence-electron chi connectivity index (χ1n) is 6.21. The van der Waals surface area contributed by atoms with Crippen LogP contribution in [0.2, 0.25) is 0 Å². The lowest BCUT2D eigenvalue weighted by Gasteiger charge is -2.27. The monoisotopic (exact) mass is 222 g/mol. The van der Waals surface area contributed by atoms with Crippen LogP contribution in [0.25, 0.3) is 0 Å². The average molecular weight is 222 g/mol. The summed E-state index contributed by atoms with van der Waals surface area (Å²) >= 11 is 0. The van der Waals surface area contributed by atoms with Crippen LogP contribution in [0.4, 0.5) is 0 Å². The van der Waals surface area contributed by atoms with Gasteiger partial charge in [0.15, 0.2) is 0 Å². The lowest BCUT2D eigenvalue weighted by molar-refractivity contribution is 0.341. The van der Waals surface area contributed by atoms with Gasteiger partial charge in [-0.2, -0.15) is 5.10 Å². The molecular formula is C12H22N4. The maximum Gasteiger partial charge on any atom is 0.0637 e. The summed E-state index contributed by atoms with van der Waals surface area (Å²) in [5.74, 6) is 0. The van der Waals surface area contributed by atoms with E-state index < -0.39 is 0 Å². The van der Waals surface area contributed by atoms with Gasteiger partial charge in [0, 0.05) is 38.3 Å². The molecule has 1 heterocycles. The minimum atomic E-state index is 0.404. The molecular weight excluding hydrogens is 200 g/mol. The summed E-state index contributed by atoms with van der Waals surface area (Å²) in [6.07, 6.45) is 7.86. The van der Waals surface area contributed by atoms with Crippen molar-refractivity contribution in [3.63, 3.8) is 0 Å². The largest absolute Gasteiger partial charge is 0.328 e. The number of hydrogen-bond acceptors (Lipinski definition) is 3. The van der Waals surface area contributed by atoms with Crippen molar-refractivity contribution in [3.05, 3.63) is 18.0 Å². The van der Waals surface area contributed by atoms with Crippen molar-refractivity contribution in [2.75, 3.05) is 6.54 Å². The van der Waals surface area contributed by atoms with Crippen LogP contribution in [0, 0.1) is 0 Å². The number of nitrogens with zero attached hydrogens (tertiary/aromatic N) is 2. The van der Waals surface area contributed by atoms with Crippen molar-refractivity contribution in [2.24, 2.45) is 12.8 Å². The van der Waals surface area contributed by atoms with Gasteiger partial charge in [-0.25, -0.2) is 0 Å². The Hall–Kier alpha value is -0.870. The highest BCUT2D eigenvalue weighted by atomic mass is 15.2. The van der Waals surface area contributed by atoms with E-state index in [1.807, 2.05) is 17.9 Å². The Labute approximate surface area is 97.2 Å². The third kappa shape index (κ3) is 3.32. The molecule has 4 heteroatoms. The zero-order valence-electron chi connectivity index (χ0n) is 10.0. The van der Waals surface area contributed by atoms with Crippen LogP contribution in [0.3, 0.4) is 0 Å². The summed E-state index contributed by atoms with van der Waals surface area (Å²) in [5, 5.41) is 7.94. The van der Waals surface area contributed by atoms with E-state index in [0.717, 1.165) is 25.1 Å². The predicted molar refractivity (Wildman–Crippen MR) is 65.1 cm³/mol. The van der Waals surface area contributed by atoms with Crippen molar-refractivity contribution in [3.8, 4) is 0 Å². The smallest absolute Gasteiger partial charge is 0.0637 e. The minimum absolute atomic E-state index is 0.404. The van der Waals surface area contributed by atoms with E-state index in [0.29, 0.717) is 12.1 Å². The second kappa shape index (κ2) is 5.46. The molecule has 1 aromatic rings. The Balaban J connectivity index is 1.67. The molecule has 2 unspecified atom stereocenters. The van der Waals surface area contributed by atoms with Gasteiger partial charge in [0.05, 0.1) is 5.69 Å². The molecule has 2 atom stereocenters. The molecule has 0 aliphatic heterocycles. The van der Waals surface area contributed by atoms with Crippen LogP contribution in [-0.4, -0.2) is 28.4 Å². The van der Waals surface area contributed by atoms with E-state index in [4.69, 9.17) is 5.73 Å². The van der Waals surface area contributed by atoms with Gasteiger partial charge in [0.25, 0.3) is 0 Å². The molecule has 0 aromatic carbocycles. The summed E-state index contributed by atoms with van der Waals surface area (Å²) < 4.78 is 1.85. The quantitative estimate of drug-likeness (QED) is 0.793. The fraction of sp³-hybridized carbons (Fsp3) is 0.750. The first-order chi connectivity index (χ1) is 7.74. The molecule has 4 nitrogen and oxygen atoms in total. The highest BCUT2D eigenvalue weighted by Gasteiger charge is 2.18. The number of aromatic nitrogens is 2. The van der Waals surface area contributed by atoms with Crippen LogP contribution < -0.4 is 11.1 Å². The lowest BCUT2D eigenvalue weighted by atomic mass is 9.91. The van der Waals surface area contributed by atoms with Crippen LogP contribution in [0.1, 0.15) is 31.4 Å². The molecule has 3 N–H and O–H groups in total. The molecule has 0 saturated heterocycles. The molecule has 0 bridgehead atoms. The van der Waals surface area contributed by atoms with Crippen molar-refractivity contribution < 1.29 is 0 Å². The Morgan fingerprint density at radius 3 is 3.12 bits per heavy atom. The Morgan fingerprint density at radius 2 is 2.44 bits per heavy atom. The highest BCUT2D eigenvalue weighted by Crippen LogP contribution is 2.16. The van der Waals surface area contributed by atoms with Gasteiger partial charge in [-0.1, -0.05) is 6.42 Å². The van der Waals surface area contributed by atoms with E-state index in [9.17, 15) is 0 Å². The van der Waals surface area contributed by atoms with Crippen molar-refractivity contribution in [1.82, 2.24) is 15.1 Å². The summed E-state index contributed by atoms with van der Waals surface area (Å²) in [6.45, 7) is 1.01. The van der Waals surface area contributed by atoms with Gasteiger partial charge >= 0.3 is 0 Å². The molecule has 0 spiro atoms. The molecule has 2 rings (SSSR count). The van der Waals surface area contributed by atoms with E-state index in [-0.39, 0.29) is 0 Å². The van der Waals surface area contributed by atoms with Crippen molar-refractivity contribution in [2.45, 2.75) is 44.2 Å². The molecule has 90 valence electrons. The average Bonchev–Trinajstić information content (AvgIpc) is 2.64. The van der Waals surface area contributed by atoms with Gasteiger partial charge in [0.2, 0.25) is 0 Å². The number of nitrogens with two attached hydrogens (primary N) is 1. The fourth-order valence-electron chi connectivity index (χ4n) is 2.41. The zero-order chi connectivity index (χ0) is 11.4. The molecule has 1 saturated carbocycles. The first kappa shape index (κ1) is 11.6. The van der Waals surface area contributed by atoms with Crippen LogP contribution in [0.15, 0.2) is 12.3 Å². The Bertz CT molecular complexity index is 321. The highest BCUT2D eigenvalue weighted by molar-refractivity contribution is 4.99. The Kier molecular flexibility index (Phi) is 3.96. The molecule has 1 fully saturated rings. The molecule has 1 aromatic heterocycles.